The van der Waals surface area contributed by atoms with Crippen molar-refractivity contribution in [3.63, 3.8) is 0 Å². The zero-order valence-electron chi connectivity index (χ0n) is 9.63. The van der Waals surface area contributed by atoms with E-state index in [4.69, 9.17) is 0 Å². The van der Waals surface area contributed by atoms with Crippen LogP contribution in [-0.4, -0.2) is 0 Å². The normalized spacial score (nSPS) is 11.2. The van der Waals surface area contributed by atoms with Crippen molar-refractivity contribution >= 4 is 66.6 Å². The minimum Gasteiger partial charge on any atom is -0.0905 e. The molecule has 0 aliphatic heterocycles. The predicted molar refractivity (Wildman–Crippen MR) is 87.1 cm³/mol. The topological polar surface area (TPSA) is 0 Å². The number of fused-ring (bicyclic) bond motifs is 3. The van der Waals surface area contributed by atoms with Crippen molar-refractivity contribution in [3.05, 3.63) is 55.8 Å². The first kappa shape index (κ1) is 11.9. The monoisotopic (exact) mass is 360 g/mol. The summed E-state index contributed by atoms with van der Waals surface area (Å²) >= 11 is 7.02. The first-order valence-electron chi connectivity index (χ1n) is 5.56. The first-order valence-corrected chi connectivity index (χ1v) is 7.15. The highest BCUT2D eigenvalue weighted by atomic mass is 79.9. The van der Waals surface area contributed by atoms with Gasteiger partial charge in [-0.05, 0) is 56.2 Å². The maximum Gasteiger partial charge on any atom is 0.0181 e. The van der Waals surface area contributed by atoms with E-state index in [1.54, 1.807) is 0 Å². The molecular weight excluding hydrogens is 352 g/mol. The second-order valence-corrected chi connectivity index (χ2v) is 6.17. The molecule has 0 fully saturated rings. The van der Waals surface area contributed by atoms with Crippen LogP contribution >= 0.6 is 31.9 Å². The molecule has 0 radical (unpaired) electrons. The number of hydrogen-bond donors (Lipinski definition) is 0. The van der Waals surface area contributed by atoms with Crippen LogP contribution in [0.3, 0.4) is 0 Å². The summed E-state index contributed by atoms with van der Waals surface area (Å²) in [5, 5.41) is 6.75. The Morgan fingerprint density at radius 3 is 1.39 bits per heavy atom. The molecule has 3 aromatic rings. The van der Waals surface area contributed by atoms with Gasteiger partial charge in [0, 0.05) is 8.95 Å². The van der Waals surface area contributed by atoms with Crippen LogP contribution in [0.2, 0.25) is 0 Å². The van der Waals surface area contributed by atoms with Gasteiger partial charge in [-0.2, -0.15) is 0 Å². The van der Waals surface area contributed by atoms with Gasteiger partial charge < -0.3 is 0 Å². The van der Waals surface area contributed by atoms with Crippen LogP contribution in [0.15, 0.2) is 45.3 Å². The maximum atomic E-state index is 4.17. The molecule has 0 unspecified atom stereocenters. The van der Waals surface area contributed by atoms with Crippen LogP contribution in [0, 0.1) is 0 Å². The summed E-state index contributed by atoms with van der Waals surface area (Å²) in [6.45, 7) is 8.34. The molecule has 0 aliphatic rings. The van der Waals surface area contributed by atoms with E-state index in [0.717, 1.165) is 30.2 Å². The molecule has 0 N–H and O–H groups in total. The molecule has 3 aromatic carbocycles. The zero-order chi connectivity index (χ0) is 12.9. The van der Waals surface area contributed by atoms with Gasteiger partial charge in [0.2, 0.25) is 0 Å². The summed E-state index contributed by atoms with van der Waals surface area (Å²) in [6, 6.07) is 12.6. The fourth-order valence-electron chi connectivity index (χ4n) is 2.33. The van der Waals surface area contributed by atoms with Gasteiger partial charge in [-0.1, -0.05) is 57.2 Å². The highest BCUT2D eigenvalue weighted by Gasteiger charge is 2.04. The standard InChI is InChI=1S/C16H10Br2/c1-9-10(2)16-8-12(18)4-6-14(16)13-5-3-11(17)7-15(9)13/h3-8H,1-2H2. The lowest BCUT2D eigenvalue weighted by Crippen LogP contribution is -2.23. The zero-order valence-corrected chi connectivity index (χ0v) is 12.8. The van der Waals surface area contributed by atoms with E-state index in [2.05, 4.69) is 81.4 Å². The first-order chi connectivity index (χ1) is 8.58. The van der Waals surface area contributed by atoms with E-state index in [0.29, 0.717) is 0 Å². The number of benzene rings is 3. The third-order valence-corrected chi connectivity index (χ3v) is 4.25. The van der Waals surface area contributed by atoms with E-state index >= 15 is 0 Å². The van der Waals surface area contributed by atoms with Gasteiger partial charge in [-0.25, -0.2) is 0 Å². The average Bonchev–Trinajstić information content (AvgIpc) is 2.36. The van der Waals surface area contributed by atoms with E-state index in [-0.39, 0.29) is 0 Å². The van der Waals surface area contributed by atoms with Crippen LogP contribution < -0.4 is 10.4 Å². The SMILES string of the molecule is C=c1c(=C)c2cc(Br)ccc2c2ccc(Br)cc12. The molecule has 2 heteroatoms. The summed E-state index contributed by atoms with van der Waals surface area (Å²) in [4.78, 5) is 0. The Bertz CT molecular complexity index is 804. The molecule has 0 atom stereocenters. The summed E-state index contributed by atoms with van der Waals surface area (Å²) < 4.78 is 2.13. The third kappa shape index (κ3) is 1.72. The largest absolute Gasteiger partial charge is 0.0905 e. The predicted octanol–water partition coefficient (Wildman–Crippen LogP) is 4.34. The van der Waals surface area contributed by atoms with Crippen LogP contribution in [-0.2, 0) is 0 Å². The van der Waals surface area contributed by atoms with Crippen molar-refractivity contribution in [2.75, 3.05) is 0 Å². The van der Waals surface area contributed by atoms with Crippen LogP contribution in [0.4, 0.5) is 0 Å². The van der Waals surface area contributed by atoms with Gasteiger partial charge in [0.1, 0.15) is 0 Å². The molecule has 3 rings (SSSR count). The highest BCUT2D eigenvalue weighted by Crippen LogP contribution is 2.25. The van der Waals surface area contributed by atoms with Crippen molar-refractivity contribution in [1.82, 2.24) is 0 Å². The van der Waals surface area contributed by atoms with Crippen LogP contribution in [0.5, 0.6) is 0 Å². The Balaban J connectivity index is 2.71. The van der Waals surface area contributed by atoms with Crippen molar-refractivity contribution in [2.45, 2.75) is 0 Å². The van der Waals surface area contributed by atoms with Crippen molar-refractivity contribution in [1.29, 1.82) is 0 Å². The lowest BCUT2D eigenvalue weighted by Gasteiger charge is -2.07. The molecule has 18 heavy (non-hydrogen) atoms. The maximum absolute atomic E-state index is 4.17. The van der Waals surface area contributed by atoms with Gasteiger partial charge in [0.25, 0.3) is 0 Å². The quantitative estimate of drug-likeness (QED) is 0.522. The van der Waals surface area contributed by atoms with Gasteiger partial charge in [-0.15, -0.1) is 0 Å². The molecule has 0 amide bonds. The van der Waals surface area contributed by atoms with Crippen molar-refractivity contribution in [3.8, 4) is 0 Å². The molecule has 0 spiro atoms. The van der Waals surface area contributed by atoms with Gasteiger partial charge in [-0.3, -0.25) is 0 Å². The van der Waals surface area contributed by atoms with E-state index in [9.17, 15) is 0 Å². The average molecular weight is 362 g/mol. The smallest absolute Gasteiger partial charge is 0.0181 e. The van der Waals surface area contributed by atoms with E-state index < -0.39 is 0 Å². The van der Waals surface area contributed by atoms with E-state index in [1.165, 1.54) is 10.8 Å². The van der Waals surface area contributed by atoms with Gasteiger partial charge >= 0.3 is 0 Å². The summed E-state index contributed by atoms with van der Waals surface area (Å²) in [5.74, 6) is 0. The van der Waals surface area contributed by atoms with E-state index in [1.807, 2.05) is 0 Å². The third-order valence-electron chi connectivity index (χ3n) is 3.27. The molecule has 0 bridgehead atoms. The molecule has 0 saturated carbocycles. The molecule has 88 valence electrons. The lowest BCUT2D eigenvalue weighted by molar-refractivity contribution is 1.63. The van der Waals surface area contributed by atoms with Gasteiger partial charge in [0.15, 0.2) is 0 Å². The van der Waals surface area contributed by atoms with Crippen LogP contribution in [0.1, 0.15) is 0 Å². The molecule has 0 saturated heterocycles. The second kappa shape index (κ2) is 4.22. The van der Waals surface area contributed by atoms with Crippen molar-refractivity contribution < 1.29 is 0 Å². The number of hydrogen-bond acceptors (Lipinski definition) is 0. The fourth-order valence-corrected chi connectivity index (χ4v) is 3.05. The Morgan fingerprint density at radius 2 is 1.00 bits per heavy atom. The number of halogens is 2. The summed E-state index contributed by atoms with van der Waals surface area (Å²) in [6.07, 6.45) is 0. The second-order valence-electron chi connectivity index (χ2n) is 4.34. The Labute approximate surface area is 122 Å². The molecule has 0 aliphatic carbocycles. The molecule has 0 aromatic heterocycles. The molecule has 0 nitrogen and oxygen atoms in total. The van der Waals surface area contributed by atoms with Crippen molar-refractivity contribution in [2.24, 2.45) is 0 Å². The highest BCUT2D eigenvalue weighted by molar-refractivity contribution is 9.10. The Morgan fingerprint density at radius 1 is 0.611 bits per heavy atom. The fraction of sp³-hybridized carbons (Fsp3) is 0. The van der Waals surface area contributed by atoms with Crippen LogP contribution in [0.25, 0.3) is 34.7 Å². The summed E-state index contributed by atoms with van der Waals surface area (Å²) in [5.41, 5.74) is 0. The Kier molecular flexibility index (Phi) is 2.80. The molecule has 0 heterocycles. The summed E-state index contributed by atoms with van der Waals surface area (Å²) in [7, 11) is 0. The minimum absolute atomic E-state index is 0.997. The van der Waals surface area contributed by atoms with Gasteiger partial charge in [0.05, 0.1) is 0 Å². The lowest BCUT2D eigenvalue weighted by atomic mass is 9.99. The Hall–Kier alpha value is -1.12. The number of rotatable bonds is 0. The minimum atomic E-state index is 0.997. The molecular formula is C16H10Br2.